The summed E-state index contributed by atoms with van der Waals surface area (Å²) in [4.78, 5) is 14.4. The normalized spacial score (nSPS) is 22.2. The zero-order valence-corrected chi connectivity index (χ0v) is 17.2. The van der Waals surface area contributed by atoms with Gasteiger partial charge in [-0.1, -0.05) is 24.3 Å². The van der Waals surface area contributed by atoms with Crippen molar-refractivity contribution < 1.29 is 26.7 Å². The van der Waals surface area contributed by atoms with Gasteiger partial charge < -0.3 is 9.64 Å². The summed E-state index contributed by atoms with van der Waals surface area (Å²) < 4.78 is 58.7. The van der Waals surface area contributed by atoms with Crippen LogP contribution in [-0.4, -0.2) is 49.7 Å². The lowest BCUT2D eigenvalue weighted by atomic mass is 9.92. The van der Waals surface area contributed by atoms with Crippen LogP contribution in [0.15, 0.2) is 42.5 Å². The third-order valence-corrected chi connectivity index (χ3v) is 7.67. The highest BCUT2D eigenvalue weighted by Crippen LogP contribution is 2.34. The highest BCUT2D eigenvalue weighted by atomic mass is 32.2. The molecule has 2 aromatic rings. The lowest BCUT2D eigenvalue weighted by molar-refractivity contribution is -0.135. The first kappa shape index (κ1) is 20.8. The molecule has 5 nitrogen and oxygen atoms in total. The van der Waals surface area contributed by atoms with Crippen molar-refractivity contribution >= 4 is 15.7 Å². The molecule has 2 bridgehead atoms. The number of piperidine rings is 1. The van der Waals surface area contributed by atoms with Crippen LogP contribution in [0.4, 0.5) is 8.78 Å². The number of amides is 1. The van der Waals surface area contributed by atoms with Crippen molar-refractivity contribution in [3.05, 3.63) is 53.8 Å². The van der Waals surface area contributed by atoms with Crippen molar-refractivity contribution in [1.29, 1.82) is 0 Å². The van der Waals surface area contributed by atoms with Gasteiger partial charge in [0.1, 0.15) is 11.6 Å². The van der Waals surface area contributed by atoms with Crippen LogP contribution in [0.5, 0.6) is 5.75 Å². The molecule has 1 amide bonds. The van der Waals surface area contributed by atoms with E-state index < -0.39 is 33.0 Å². The van der Waals surface area contributed by atoms with Crippen LogP contribution >= 0.6 is 0 Å². The number of hydrogen-bond donors (Lipinski definition) is 0. The van der Waals surface area contributed by atoms with Crippen molar-refractivity contribution in [3.8, 4) is 16.9 Å². The van der Waals surface area contributed by atoms with Gasteiger partial charge in [0.15, 0.2) is 15.8 Å². The monoisotopic (exact) mass is 435 g/mol. The second-order valence-corrected chi connectivity index (χ2v) is 9.86. The summed E-state index contributed by atoms with van der Waals surface area (Å²) in [5.41, 5.74) is 1.80. The summed E-state index contributed by atoms with van der Waals surface area (Å²) in [7, 11) is -4.05. The molecule has 4 rings (SSSR count). The predicted octanol–water partition coefficient (Wildman–Crippen LogP) is 3.52. The van der Waals surface area contributed by atoms with E-state index in [1.807, 2.05) is 18.2 Å². The minimum absolute atomic E-state index is 0.0122. The maximum atomic E-state index is 14.7. The predicted molar refractivity (Wildman–Crippen MR) is 109 cm³/mol. The number of halogens is 2. The molecule has 2 aliphatic heterocycles. The van der Waals surface area contributed by atoms with Crippen LogP contribution in [0.1, 0.15) is 24.8 Å². The Morgan fingerprint density at radius 1 is 1.17 bits per heavy atom. The Labute approximate surface area is 174 Å². The van der Waals surface area contributed by atoms with Gasteiger partial charge in [-0.3, -0.25) is 4.79 Å². The van der Waals surface area contributed by atoms with Crippen molar-refractivity contribution in [1.82, 2.24) is 4.90 Å². The van der Waals surface area contributed by atoms with Gasteiger partial charge in [0.05, 0.1) is 24.3 Å². The molecule has 30 heavy (non-hydrogen) atoms. The van der Waals surface area contributed by atoms with E-state index in [9.17, 15) is 22.0 Å². The Morgan fingerprint density at radius 2 is 1.97 bits per heavy atom. The number of hydrogen-bond acceptors (Lipinski definition) is 4. The molecule has 0 radical (unpaired) electrons. The van der Waals surface area contributed by atoms with Gasteiger partial charge in [-0.25, -0.2) is 17.2 Å². The molecule has 8 heteroatoms. The second-order valence-electron chi connectivity index (χ2n) is 7.71. The lowest BCUT2D eigenvalue weighted by Gasteiger charge is -2.41. The quantitative estimate of drug-likeness (QED) is 0.724. The number of nitrogens with zero attached hydrogens (tertiary/aromatic N) is 1. The number of fused-ring (bicyclic) bond motifs is 5. The molecule has 0 spiro atoms. The summed E-state index contributed by atoms with van der Waals surface area (Å²) in [5.74, 6) is -0.159. The van der Waals surface area contributed by atoms with Crippen LogP contribution in [0, 0.1) is 5.82 Å². The highest BCUT2D eigenvalue weighted by Gasteiger charge is 2.41. The minimum atomic E-state index is -4.05. The Morgan fingerprint density at radius 3 is 2.77 bits per heavy atom. The van der Waals surface area contributed by atoms with E-state index in [-0.39, 0.29) is 31.8 Å². The van der Waals surface area contributed by atoms with Gasteiger partial charge in [-0.15, -0.1) is 0 Å². The van der Waals surface area contributed by atoms with Crippen LogP contribution in [-0.2, 0) is 21.1 Å². The molecule has 0 saturated carbocycles. The molecule has 160 valence electrons. The van der Waals surface area contributed by atoms with Gasteiger partial charge in [0, 0.05) is 12.1 Å². The Kier molecular flexibility index (Phi) is 5.77. The first-order valence-electron chi connectivity index (χ1n) is 9.98. The average molecular weight is 435 g/mol. The molecular weight excluding hydrogens is 412 g/mol. The average Bonchev–Trinajstić information content (AvgIpc) is 2.75. The molecule has 0 N–H and O–H groups in total. The van der Waals surface area contributed by atoms with Gasteiger partial charge in [0.2, 0.25) is 5.91 Å². The molecule has 0 aromatic heterocycles. The summed E-state index contributed by atoms with van der Waals surface area (Å²) in [6, 6.07) is 9.65. The number of rotatable bonds is 2. The molecule has 2 aromatic carbocycles. The third kappa shape index (κ3) is 3.93. The molecule has 2 aliphatic rings. The number of alkyl halides is 1. The Balaban J connectivity index is 1.83. The molecule has 2 atom stereocenters. The zero-order valence-electron chi connectivity index (χ0n) is 16.4. The fraction of sp³-hybridized carbons (Fsp3) is 0.409. The Hall–Kier alpha value is -2.48. The van der Waals surface area contributed by atoms with Crippen LogP contribution < -0.4 is 4.74 Å². The van der Waals surface area contributed by atoms with Crippen LogP contribution in [0.3, 0.4) is 0 Å². The van der Waals surface area contributed by atoms with Crippen molar-refractivity contribution in [2.75, 3.05) is 19.2 Å². The molecule has 0 unspecified atom stereocenters. The van der Waals surface area contributed by atoms with E-state index >= 15 is 0 Å². The number of sulfone groups is 1. The fourth-order valence-electron chi connectivity index (χ4n) is 4.42. The van der Waals surface area contributed by atoms with E-state index in [0.717, 1.165) is 11.1 Å². The number of ether oxygens (including phenoxy) is 1. The van der Waals surface area contributed by atoms with E-state index in [2.05, 4.69) is 0 Å². The number of carbonyl (C=O) groups excluding carboxylic acids is 1. The molecule has 2 heterocycles. The first-order valence-corrected chi connectivity index (χ1v) is 11.7. The van der Waals surface area contributed by atoms with E-state index in [1.54, 1.807) is 18.2 Å². The zero-order chi connectivity index (χ0) is 21.3. The first-order chi connectivity index (χ1) is 14.4. The number of carbonyl (C=O) groups is 1. The van der Waals surface area contributed by atoms with Gasteiger partial charge in [-0.05, 0) is 48.6 Å². The van der Waals surface area contributed by atoms with Crippen molar-refractivity contribution in [2.45, 2.75) is 37.0 Å². The van der Waals surface area contributed by atoms with Gasteiger partial charge in [-0.2, -0.15) is 0 Å². The lowest BCUT2D eigenvalue weighted by Crippen LogP contribution is -2.55. The highest BCUT2D eigenvalue weighted by molar-refractivity contribution is 7.91. The van der Waals surface area contributed by atoms with Gasteiger partial charge >= 0.3 is 0 Å². The summed E-state index contributed by atoms with van der Waals surface area (Å²) in [5, 5.41) is -1.06. The van der Waals surface area contributed by atoms with E-state index in [0.29, 0.717) is 24.3 Å². The maximum Gasteiger partial charge on any atom is 0.226 e. The summed E-state index contributed by atoms with van der Waals surface area (Å²) in [6.45, 7) is 0.493. The molecule has 1 saturated heterocycles. The topological polar surface area (TPSA) is 63.7 Å². The van der Waals surface area contributed by atoms with Gasteiger partial charge in [0.25, 0.3) is 0 Å². The summed E-state index contributed by atoms with van der Waals surface area (Å²) in [6.07, 6.45) is 0.779. The Bertz CT molecular complexity index is 1060. The standard InChI is InChI=1S/C22H23F2NO4S/c23-14-30(27,28)21-6-3-10-25-19(21)13-16-12-15(7-8-18(16)24)17-4-1-2-5-20(17)29-11-9-22(25)26/h1-2,4-5,7-8,12,19,21H,3,6,9-11,13-14H2/t19-,21-/m0/s1. The second kappa shape index (κ2) is 8.34. The van der Waals surface area contributed by atoms with E-state index in [1.165, 1.54) is 11.0 Å². The largest absolute Gasteiger partial charge is 0.492 e. The molecule has 0 aliphatic carbocycles. The van der Waals surface area contributed by atoms with Crippen LogP contribution in [0.2, 0.25) is 0 Å². The smallest absolute Gasteiger partial charge is 0.226 e. The summed E-state index contributed by atoms with van der Waals surface area (Å²) >= 11 is 0. The third-order valence-electron chi connectivity index (χ3n) is 5.90. The number of benzene rings is 2. The van der Waals surface area contributed by atoms with Crippen molar-refractivity contribution in [3.63, 3.8) is 0 Å². The molecular formula is C22H23F2NO4S. The fourth-order valence-corrected chi connectivity index (χ4v) is 5.83. The SMILES string of the molecule is O=C1CCOc2ccccc2-c2ccc(F)c(c2)C[C@H]2[C@@H](S(=O)(=O)CF)CCCN12. The van der Waals surface area contributed by atoms with E-state index in [4.69, 9.17) is 4.74 Å². The molecule has 1 fully saturated rings. The van der Waals surface area contributed by atoms with Crippen LogP contribution in [0.25, 0.3) is 11.1 Å². The number of para-hydroxylation sites is 1. The minimum Gasteiger partial charge on any atom is -0.492 e. The maximum absolute atomic E-state index is 14.7. The van der Waals surface area contributed by atoms with Crippen molar-refractivity contribution in [2.24, 2.45) is 0 Å².